The first-order valence-electron chi connectivity index (χ1n) is 9.65. The second kappa shape index (κ2) is 7.91. The van der Waals surface area contributed by atoms with Gasteiger partial charge in [-0.1, -0.05) is 0 Å². The van der Waals surface area contributed by atoms with Crippen molar-refractivity contribution in [2.45, 2.75) is 13.8 Å². The van der Waals surface area contributed by atoms with Gasteiger partial charge < -0.3 is 20.0 Å². The number of esters is 1. The van der Waals surface area contributed by atoms with Gasteiger partial charge in [-0.15, -0.1) is 0 Å². The molecule has 3 N–H and O–H groups in total. The van der Waals surface area contributed by atoms with Gasteiger partial charge in [0.05, 0.1) is 6.61 Å². The Morgan fingerprint density at radius 3 is 2.55 bits per heavy atom. The molecule has 0 aliphatic carbocycles. The Hall–Kier alpha value is -4.20. The minimum absolute atomic E-state index is 0.109. The maximum Gasteiger partial charge on any atom is 0.343 e. The van der Waals surface area contributed by atoms with Crippen LogP contribution < -0.4 is 16.2 Å². The van der Waals surface area contributed by atoms with Crippen molar-refractivity contribution in [3.05, 3.63) is 85.9 Å². The number of pyridine rings is 2. The molecule has 8 nitrogen and oxygen atoms in total. The smallest absolute Gasteiger partial charge is 0.343 e. The monoisotopic (exact) mass is 417 g/mol. The number of aromatic amines is 2. The highest BCUT2D eigenvalue weighted by atomic mass is 16.5. The van der Waals surface area contributed by atoms with E-state index in [0.717, 1.165) is 5.69 Å². The van der Waals surface area contributed by atoms with E-state index in [1.165, 1.54) is 24.4 Å². The number of anilines is 1. The number of rotatable bonds is 4. The molecule has 8 heteroatoms. The first kappa shape index (κ1) is 20.1. The molecule has 2 heterocycles. The van der Waals surface area contributed by atoms with Crippen LogP contribution in [0.3, 0.4) is 0 Å². The van der Waals surface area contributed by atoms with Crippen molar-refractivity contribution >= 4 is 39.4 Å². The first-order chi connectivity index (χ1) is 14.9. The van der Waals surface area contributed by atoms with Crippen molar-refractivity contribution in [1.29, 1.82) is 0 Å². The molecule has 0 unspecified atom stereocenters. The number of H-pyrrole nitrogens is 2. The fourth-order valence-corrected chi connectivity index (χ4v) is 3.38. The average molecular weight is 417 g/mol. The molecular formula is C23H19N3O5. The Morgan fingerprint density at radius 1 is 1.00 bits per heavy atom. The van der Waals surface area contributed by atoms with Crippen LogP contribution >= 0.6 is 0 Å². The van der Waals surface area contributed by atoms with Crippen LogP contribution in [0.4, 0.5) is 5.69 Å². The van der Waals surface area contributed by atoms with E-state index < -0.39 is 17.3 Å². The van der Waals surface area contributed by atoms with Gasteiger partial charge >= 0.3 is 5.97 Å². The second-order valence-corrected chi connectivity index (χ2v) is 7.04. The molecule has 0 saturated heterocycles. The van der Waals surface area contributed by atoms with E-state index in [0.29, 0.717) is 27.7 Å². The van der Waals surface area contributed by atoms with Crippen molar-refractivity contribution in [2.75, 3.05) is 11.9 Å². The number of nitrogens with one attached hydrogen (secondary N) is 3. The number of carbonyl (C=O) groups excluding carboxylic acids is 2. The Bertz CT molecular complexity index is 1470. The normalized spacial score (nSPS) is 10.9. The maximum absolute atomic E-state index is 12.7. The summed E-state index contributed by atoms with van der Waals surface area (Å²) < 4.78 is 4.91. The number of ether oxygens (including phenoxy) is 1. The highest BCUT2D eigenvalue weighted by Gasteiger charge is 2.15. The van der Waals surface area contributed by atoms with Gasteiger partial charge in [-0.2, -0.15) is 0 Å². The number of amides is 1. The number of carbonyl (C=O) groups is 2. The van der Waals surface area contributed by atoms with Crippen LogP contribution in [-0.2, 0) is 4.74 Å². The average Bonchev–Trinajstić information content (AvgIpc) is 2.74. The number of benzene rings is 2. The van der Waals surface area contributed by atoms with Crippen LogP contribution in [0, 0.1) is 6.92 Å². The summed E-state index contributed by atoms with van der Waals surface area (Å²) in [6.45, 7) is 3.60. The molecule has 0 radical (unpaired) electrons. The standard InChI is InChI=1S/C23H19N3O5/c1-3-31-23(30)17-11-24-18-7-5-14(10-16(18)21(17)28)26-22(29)13-4-6-19-15(9-13)20(27)8-12(2)25-19/h4-11H,3H2,1-2H3,(H,24,28)(H,25,27)(H,26,29). The molecular weight excluding hydrogens is 398 g/mol. The van der Waals surface area contributed by atoms with Gasteiger partial charge in [-0.3, -0.25) is 14.4 Å². The lowest BCUT2D eigenvalue weighted by atomic mass is 10.1. The third-order valence-corrected chi connectivity index (χ3v) is 4.86. The molecule has 2 aromatic carbocycles. The molecule has 156 valence electrons. The summed E-state index contributed by atoms with van der Waals surface area (Å²) in [5, 5.41) is 3.38. The molecule has 1 amide bonds. The van der Waals surface area contributed by atoms with Crippen LogP contribution in [-0.4, -0.2) is 28.5 Å². The molecule has 0 aliphatic heterocycles. The van der Waals surface area contributed by atoms with Gasteiger partial charge in [0.2, 0.25) is 5.43 Å². The molecule has 0 spiro atoms. The minimum atomic E-state index is -0.711. The SMILES string of the molecule is CCOC(=O)c1c[nH]c2ccc(NC(=O)c3ccc4[nH]c(C)cc(=O)c4c3)cc2c1=O. The predicted molar refractivity (Wildman–Crippen MR) is 118 cm³/mol. The lowest BCUT2D eigenvalue weighted by Gasteiger charge is -2.08. The Kier molecular flexibility index (Phi) is 5.12. The van der Waals surface area contributed by atoms with Crippen molar-refractivity contribution in [3.63, 3.8) is 0 Å². The van der Waals surface area contributed by atoms with Crippen LogP contribution in [0.5, 0.6) is 0 Å². The number of hydrogen-bond donors (Lipinski definition) is 3. The van der Waals surface area contributed by atoms with Crippen LogP contribution in [0.2, 0.25) is 0 Å². The molecule has 2 aromatic heterocycles. The largest absolute Gasteiger partial charge is 0.462 e. The number of hydrogen-bond acceptors (Lipinski definition) is 5. The van der Waals surface area contributed by atoms with Gasteiger partial charge in [0.25, 0.3) is 5.91 Å². The van der Waals surface area contributed by atoms with E-state index in [4.69, 9.17) is 4.74 Å². The lowest BCUT2D eigenvalue weighted by Crippen LogP contribution is -2.18. The Balaban J connectivity index is 1.68. The van der Waals surface area contributed by atoms with E-state index in [1.807, 2.05) is 0 Å². The minimum Gasteiger partial charge on any atom is -0.462 e. The summed E-state index contributed by atoms with van der Waals surface area (Å²) in [7, 11) is 0. The van der Waals surface area contributed by atoms with Crippen molar-refractivity contribution in [2.24, 2.45) is 0 Å². The molecule has 4 aromatic rings. The van der Waals surface area contributed by atoms with E-state index in [2.05, 4.69) is 15.3 Å². The third-order valence-electron chi connectivity index (χ3n) is 4.86. The van der Waals surface area contributed by atoms with E-state index in [-0.39, 0.29) is 23.0 Å². The summed E-state index contributed by atoms with van der Waals surface area (Å²) in [6, 6.07) is 11.0. The lowest BCUT2D eigenvalue weighted by molar-refractivity contribution is 0.0524. The number of fused-ring (bicyclic) bond motifs is 2. The van der Waals surface area contributed by atoms with Crippen LogP contribution in [0.25, 0.3) is 21.8 Å². The topological polar surface area (TPSA) is 121 Å². The zero-order valence-corrected chi connectivity index (χ0v) is 16.9. The Morgan fingerprint density at radius 2 is 1.77 bits per heavy atom. The maximum atomic E-state index is 12.7. The van der Waals surface area contributed by atoms with Crippen molar-refractivity contribution in [1.82, 2.24) is 9.97 Å². The van der Waals surface area contributed by atoms with Gasteiger partial charge in [0.1, 0.15) is 5.56 Å². The highest BCUT2D eigenvalue weighted by Crippen LogP contribution is 2.18. The third kappa shape index (κ3) is 3.83. The van der Waals surface area contributed by atoms with E-state index >= 15 is 0 Å². The fourth-order valence-electron chi connectivity index (χ4n) is 3.38. The van der Waals surface area contributed by atoms with E-state index in [1.54, 1.807) is 38.1 Å². The molecule has 0 fully saturated rings. The van der Waals surface area contributed by atoms with Crippen molar-refractivity contribution in [3.8, 4) is 0 Å². The molecule has 0 bridgehead atoms. The quantitative estimate of drug-likeness (QED) is 0.441. The van der Waals surface area contributed by atoms with Crippen LogP contribution in [0.15, 0.2) is 58.3 Å². The van der Waals surface area contributed by atoms with E-state index in [9.17, 15) is 19.2 Å². The summed E-state index contributed by atoms with van der Waals surface area (Å²) in [5.74, 6) is -1.14. The molecule has 0 saturated carbocycles. The van der Waals surface area contributed by atoms with Gasteiger partial charge in [-0.05, 0) is 50.2 Å². The number of aryl methyl sites for hydroxylation is 1. The number of aromatic nitrogens is 2. The van der Waals surface area contributed by atoms with Gasteiger partial charge in [-0.25, -0.2) is 4.79 Å². The highest BCUT2D eigenvalue weighted by molar-refractivity contribution is 6.07. The molecule has 0 atom stereocenters. The first-order valence-corrected chi connectivity index (χ1v) is 9.65. The van der Waals surface area contributed by atoms with Crippen LogP contribution in [0.1, 0.15) is 33.3 Å². The van der Waals surface area contributed by atoms with Gasteiger partial charge in [0.15, 0.2) is 5.43 Å². The fraction of sp³-hybridized carbons (Fsp3) is 0.130. The molecule has 0 aliphatic rings. The summed E-state index contributed by atoms with van der Waals surface area (Å²) in [4.78, 5) is 55.6. The van der Waals surface area contributed by atoms with Gasteiger partial charge in [0, 0.05) is 51.0 Å². The second-order valence-electron chi connectivity index (χ2n) is 7.04. The Labute approximate surface area is 175 Å². The van der Waals surface area contributed by atoms with Crippen molar-refractivity contribution < 1.29 is 14.3 Å². The molecule has 4 rings (SSSR count). The summed E-state index contributed by atoms with van der Waals surface area (Å²) >= 11 is 0. The molecule has 31 heavy (non-hydrogen) atoms. The zero-order chi connectivity index (χ0) is 22.1. The predicted octanol–water partition coefficient (Wildman–Crippen LogP) is 3.11. The summed E-state index contributed by atoms with van der Waals surface area (Å²) in [5.41, 5.74) is 1.80. The summed E-state index contributed by atoms with van der Waals surface area (Å²) in [6.07, 6.45) is 1.31. The zero-order valence-electron chi connectivity index (χ0n) is 16.9.